The van der Waals surface area contributed by atoms with Crippen molar-refractivity contribution >= 4 is 68.2 Å². The maximum Gasteiger partial charge on any atom is 0.228 e. The number of benzene rings is 8. The highest BCUT2D eigenvalue weighted by Crippen LogP contribution is 2.37. The molecule has 14 rings (SSSR count). The molecule has 3 aliphatic rings. The molecule has 0 saturated heterocycles. The fourth-order valence-corrected chi connectivity index (χ4v) is 9.75. The summed E-state index contributed by atoms with van der Waals surface area (Å²) < 4.78 is 14.0. The van der Waals surface area contributed by atoms with Crippen molar-refractivity contribution in [3.05, 3.63) is 248 Å². The van der Waals surface area contributed by atoms with Gasteiger partial charge in [-0.05, 0) is 69.6 Å². The van der Waals surface area contributed by atoms with Crippen LogP contribution in [0.15, 0.2) is 231 Å². The fraction of sp³-hybridized carbons (Fsp3) is 0.0500. The van der Waals surface area contributed by atoms with Gasteiger partial charge in [-0.1, -0.05) is 152 Å². The van der Waals surface area contributed by atoms with E-state index < -0.39 is 0 Å². The Labute approximate surface area is 384 Å². The summed E-state index contributed by atoms with van der Waals surface area (Å²) in [5, 5.41) is 6.53. The average Bonchev–Trinajstić information content (AvgIpc) is 4.26. The molecular weight excluding hydrogens is 805 g/mol. The third kappa shape index (κ3) is 7.24. The molecule has 0 bridgehead atoms. The second-order valence-corrected chi connectivity index (χ2v) is 17.0. The summed E-state index contributed by atoms with van der Waals surface area (Å²) in [5.41, 5.74) is 13.9. The average molecular weight is 852 g/mol. The molecule has 6 heteroatoms. The van der Waals surface area contributed by atoms with Crippen LogP contribution in [0.1, 0.15) is 17.1 Å². The molecule has 0 aliphatic carbocycles. The zero-order chi connectivity index (χ0) is 43.8. The first-order chi connectivity index (χ1) is 32.7. The maximum absolute atomic E-state index is 2.41. The first kappa shape index (κ1) is 39.0. The Morgan fingerprint density at radius 2 is 0.742 bits per heavy atom. The van der Waals surface area contributed by atoms with Gasteiger partial charge in [-0.15, -0.1) is 0 Å². The molecule has 314 valence electrons. The van der Waals surface area contributed by atoms with Crippen LogP contribution in [-0.2, 0) is 20.0 Å². The molecule has 0 N–H and O–H groups in total. The second kappa shape index (κ2) is 16.8. The van der Waals surface area contributed by atoms with Gasteiger partial charge in [0.25, 0.3) is 0 Å². The molecule has 0 fully saturated rings. The minimum atomic E-state index is 0.836. The first-order valence-electron chi connectivity index (χ1n) is 22.7. The van der Waals surface area contributed by atoms with Crippen molar-refractivity contribution in [2.75, 3.05) is 0 Å². The summed E-state index contributed by atoms with van der Waals surface area (Å²) in [6, 6.07) is 81.5. The van der Waals surface area contributed by atoms with E-state index in [0.717, 1.165) is 20.0 Å². The van der Waals surface area contributed by atoms with E-state index in [1.54, 1.807) is 0 Å². The largest absolute Gasteiger partial charge is 0.279 e. The van der Waals surface area contributed by atoms with Crippen molar-refractivity contribution in [1.82, 2.24) is 13.7 Å². The third-order valence-corrected chi connectivity index (χ3v) is 13.0. The molecule has 6 nitrogen and oxygen atoms in total. The molecule has 0 radical (unpaired) electrons. The normalized spacial score (nSPS) is 13.2. The molecule has 0 atom stereocenters. The Kier molecular flexibility index (Phi) is 9.95. The van der Waals surface area contributed by atoms with Gasteiger partial charge in [0, 0.05) is 47.3 Å². The predicted octanol–water partition coefficient (Wildman–Crippen LogP) is 13.5. The van der Waals surface area contributed by atoms with Crippen LogP contribution >= 0.6 is 0 Å². The SMILES string of the molecule is C1=[N+](c2ccccc2)Cn2c1cc1ccccc12.C1=[N+](c2ccccc2)Cn2c1ccc2-c1cc2ccccc2c2ccccc12.C1=[N+](c2ccccc2)Cn2c1ccc2-c1ccccc1. The number of para-hydroxylation sites is 4. The molecule has 0 amide bonds. The summed E-state index contributed by atoms with van der Waals surface area (Å²) in [5.74, 6) is 0. The summed E-state index contributed by atoms with van der Waals surface area (Å²) in [6.07, 6.45) is 6.67. The molecule has 11 aromatic rings. The van der Waals surface area contributed by atoms with Crippen molar-refractivity contribution in [2.24, 2.45) is 0 Å². The van der Waals surface area contributed by atoms with Gasteiger partial charge >= 0.3 is 0 Å². The number of fused-ring (bicyclic) bond motifs is 8. The number of aromatic nitrogens is 3. The first-order valence-corrected chi connectivity index (χ1v) is 22.7. The lowest BCUT2D eigenvalue weighted by Gasteiger charge is -2.12. The highest BCUT2D eigenvalue weighted by atomic mass is 15.2. The van der Waals surface area contributed by atoms with Crippen LogP contribution in [0.25, 0.3) is 55.0 Å². The minimum Gasteiger partial charge on any atom is -0.279 e. The van der Waals surface area contributed by atoms with E-state index >= 15 is 0 Å². The summed E-state index contributed by atoms with van der Waals surface area (Å²) in [4.78, 5) is 0. The van der Waals surface area contributed by atoms with Crippen LogP contribution in [-0.4, -0.2) is 46.1 Å². The van der Waals surface area contributed by atoms with Gasteiger partial charge in [0.05, 0.1) is 16.9 Å². The lowest BCUT2D eigenvalue weighted by molar-refractivity contribution is -0.463. The Morgan fingerprint density at radius 3 is 1.35 bits per heavy atom. The van der Waals surface area contributed by atoms with Crippen LogP contribution < -0.4 is 0 Å². The van der Waals surface area contributed by atoms with Gasteiger partial charge in [0.1, 0.15) is 17.1 Å². The van der Waals surface area contributed by atoms with Crippen LogP contribution in [0.3, 0.4) is 0 Å². The van der Waals surface area contributed by atoms with E-state index in [4.69, 9.17) is 0 Å². The van der Waals surface area contributed by atoms with E-state index in [2.05, 4.69) is 277 Å². The van der Waals surface area contributed by atoms with Crippen molar-refractivity contribution in [2.45, 2.75) is 20.0 Å². The van der Waals surface area contributed by atoms with Crippen LogP contribution in [0.2, 0.25) is 0 Å². The topological polar surface area (TPSA) is 23.8 Å². The summed E-state index contributed by atoms with van der Waals surface area (Å²) in [6.45, 7) is 2.60. The Balaban J connectivity index is 0.000000107. The smallest absolute Gasteiger partial charge is 0.228 e. The van der Waals surface area contributed by atoms with Gasteiger partial charge in [-0.2, -0.15) is 13.7 Å². The van der Waals surface area contributed by atoms with Crippen molar-refractivity contribution in [1.29, 1.82) is 0 Å². The van der Waals surface area contributed by atoms with Gasteiger partial charge in [-0.25, -0.2) is 0 Å². The molecule has 3 aliphatic heterocycles. The van der Waals surface area contributed by atoms with E-state index in [0.29, 0.717) is 0 Å². The fourth-order valence-electron chi connectivity index (χ4n) is 9.75. The minimum absolute atomic E-state index is 0.836. The molecule has 0 saturated carbocycles. The van der Waals surface area contributed by atoms with Crippen molar-refractivity contribution in [3.8, 4) is 22.5 Å². The highest BCUT2D eigenvalue weighted by Gasteiger charge is 2.26. The lowest BCUT2D eigenvalue weighted by atomic mass is 9.96. The standard InChI is InChI=1S/C26H19N2.C18H15N2.C16H13N2/c1-2-9-20(10-3-1)27-17-21-14-15-26(28(21)18-27)25-16-19-8-4-5-11-22(19)23-12-6-7-13-24(23)25;1-3-7-15(8-4-1)18-12-11-17-13-19(14-20(17)18)16-9-5-2-6-10-16;1-2-7-14(8-3-1)17-11-15-10-13-6-4-5-9-16(13)18(15)12-17/h1-17H,18H2;1-13H,14H2;1-11H,12H2/q3*+1. The number of hydrogen-bond acceptors (Lipinski definition) is 0. The number of hydrogen-bond donors (Lipinski definition) is 0. The monoisotopic (exact) mass is 851 g/mol. The van der Waals surface area contributed by atoms with Crippen LogP contribution in [0.4, 0.5) is 17.1 Å². The zero-order valence-electron chi connectivity index (χ0n) is 36.5. The highest BCUT2D eigenvalue weighted by molar-refractivity contribution is 6.13. The number of nitrogens with zero attached hydrogens (tertiary/aromatic N) is 6. The van der Waals surface area contributed by atoms with Crippen molar-refractivity contribution < 1.29 is 13.7 Å². The molecule has 3 aromatic heterocycles. The third-order valence-electron chi connectivity index (χ3n) is 13.0. The Morgan fingerprint density at radius 1 is 0.303 bits per heavy atom. The summed E-state index contributed by atoms with van der Waals surface area (Å²) >= 11 is 0. The Bertz CT molecular complexity index is 3650. The van der Waals surface area contributed by atoms with E-state index in [9.17, 15) is 0 Å². The van der Waals surface area contributed by atoms with Gasteiger partial charge < -0.3 is 0 Å². The molecule has 6 heterocycles. The maximum atomic E-state index is 2.41. The quantitative estimate of drug-likeness (QED) is 0.122. The van der Waals surface area contributed by atoms with Crippen LogP contribution in [0.5, 0.6) is 0 Å². The zero-order valence-corrected chi connectivity index (χ0v) is 36.5. The molecule has 0 unspecified atom stereocenters. The molecule has 66 heavy (non-hydrogen) atoms. The second-order valence-electron chi connectivity index (χ2n) is 17.0. The Hall–Kier alpha value is -8.61. The molecule has 0 spiro atoms. The molecule has 8 aromatic carbocycles. The van der Waals surface area contributed by atoms with Gasteiger partial charge in [0.15, 0.2) is 18.6 Å². The van der Waals surface area contributed by atoms with Gasteiger partial charge in [0.2, 0.25) is 37.1 Å². The van der Waals surface area contributed by atoms with E-state index in [1.165, 1.54) is 89.1 Å². The van der Waals surface area contributed by atoms with Crippen molar-refractivity contribution in [3.63, 3.8) is 0 Å². The lowest BCUT2D eigenvalue weighted by Crippen LogP contribution is -2.05. The molecular formula is C60H47N6+3. The summed E-state index contributed by atoms with van der Waals surface area (Å²) in [7, 11) is 0. The van der Waals surface area contributed by atoms with Crippen LogP contribution in [0, 0.1) is 0 Å². The van der Waals surface area contributed by atoms with Gasteiger partial charge in [-0.3, -0.25) is 13.7 Å². The predicted molar refractivity (Wildman–Crippen MR) is 271 cm³/mol. The number of rotatable bonds is 5. The van der Waals surface area contributed by atoms with E-state index in [1.807, 2.05) is 0 Å². The van der Waals surface area contributed by atoms with E-state index in [-0.39, 0.29) is 0 Å².